The first-order valence-corrected chi connectivity index (χ1v) is 8.59. The van der Waals surface area contributed by atoms with Gasteiger partial charge in [0.25, 0.3) is 5.91 Å². The monoisotopic (exact) mass is 379 g/mol. The van der Waals surface area contributed by atoms with Gasteiger partial charge >= 0.3 is 6.43 Å². The molecule has 0 unspecified atom stereocenters. The summed E-state index contributed by atoms with van der Waals surface area (Å²) in [5.41, 5.74) is 3.09. The molecule has 0 bridgehead atoms. The molecular weight excluding hydrogens is 359 g/mol. The van der Waals surface area contributed by atoms with Crippen LogP contribution >= 0.6 is 0 Å². The summed E-state index contributed by atoms with van der Waals surface area (Å²) >= 11 is 0. The Labute approximate surface area is 154 Å². The minimum atomic E-state index is -3.26. The molecule has 0 saturated carbocycles. The standard InChI is InChI=1S/C19H20F3N3O2/c20-7-16(25-19(27)18(21)22)17(26)12-3-1-11(2-4-12)13-5-6-15(24-10-13)14-8-23-9-14/h1-6,10,14,16-18,23,26H,7-9H2,(H,25,27)/t16-,17-/m1/s1. The fourth-order valence-electron chi connectivity index (χ4n) is 2.87. The minimum absolute atomic E-state index is 0.320. The van der Waals surface area contributed by atoms with Crippen molar-refractivity contribution >= 4 is 5.91 Å². The van der Waals surface area contributed by atoms with Crippen molar-refractivity contribution in [2.24, 2.45) is 0 Å². The third-order valence-electron chi connectivity index (χ3n) is 4.64. The lowest BCUT2D eigenvalue weighted by atomic mass is 9.96. The Balaban J connectivity index is 1.69. The smallest absolute Gasteiger partial charge is 0.315 e. The molecule has 2 aromatic rings. The number of amides is 1. The van der Waals surface area contributed by atoms with Gasteiger partial charge in [0.2, 0.25) is 0 Å². The van der Waals surface area contributed by atoms with E-state index in [0.717, 1.165) is 29.9 Å². The van der Waals surface area contributed by atoms with Crippen molar-refractivity contribution in [3.05, 3.63) is 53.9 Å². The Hall–Kier alpha value is -2.45. The molecule has 8 heteroatoms. The summed E-state index contributed by atoms with van der Waals surface area (Å²) in [6.07, 6.45) is -2.93. The first-order chi connectivity index (χ1) is 13.0. The van der Waals surface area contributed by atoms with E-state index in [0.29, 0.717) is 11.5 Å². The number of pyridine rings is 1. The fourth-order valence-corrected chi connectivity index (χ4v) is 2.87. The van der Waals surface area contributed by atoms with E-state index in [1.54, 1.807) is 30.5 Å². The van der Waals surface area contributed by atoms with Gasteiger partial charge in [-0.1, -0.05) is 30.3 Å². The molecule has 3 N–H and O–H groups in total. The summed E-state index contributed by atoms with van der Waals surface area (Å²) in [5, 5.41) is 15.2. The SMILES string of the molecule is O=C(N[C@H](CF)[C@H](O)c1ccc(-c2ccc(C3CNC3)nc2)cc1)C(F)F. The number of rotatable bonds is 7. The summed E-state index contributed by atoms with van der Waals surface area (Å²) in [6.45, 7) is 0.691. The Morgan fingerprint density at radius 3 is 2.33 bits per heavy atom. The first-order valence-electron chi connectivity index (χ1n) is 8.59. The van der Waals surface area contributed by atoms with Crippen molar-refractivity contribution in [1.82, 2.24) is 15.6 Å². The number of alkyl halides is 3. The Kier molecular flexibility index (Phi) is 6.08. The Bertz CT molecular complexity index is 765. The van der Waals surface area contributed by atoms with E-state index >= 15 is 0 Å². The molecule has 27 heavy (non-hydrogen) atoms. The second-order valence-corrected chi connectivity index (χ2v) is 6.46. The summed E-state index contributed by atoms with van der Waals surface area (Å²) < 4.78 is 37.7. The van der Waals surface area contributed by atoms with E-state index in [9.17, 15) is 23.1 Å². The van der Waals surface area contributed by atoms with Gasteiger partial charge in [0.15, 0.2) is 0 Å². The number of nitrogens with one attached hydrogen (secondary N) is 2. The van der Waals surface area contributed by atoms with E-state index < -0.39 is 31.2 Å². The highest BCUT2D eigenvalue weighted by molar-refractivity contribution is 5.79. The van der Waals surface area contributed by atoms with Gasteiger partial charge in [0.05, 0.1) is 6.04 Å². The van der Waals surface area contributed by atoms with E-state index in [1.165, 1.54) is 0 Å². The third-order valence-corrected chi connectivity index (χ3v) is 4.64. The summed E-state index contributed by atoms with van der Waals surface area (Å²) in [6, 6.07) is 9.09. The average molecular weight is 379 g/mol. The summed E-state index contributed by atoms with van der Waals surface area (Å²) in [5.74, 6) is -1.17. The van der Waals surface area contributed by atoms with Crippen LogP contribution in [0.3, 0.4) is 0 Å². The largest absolute Gasteiger partial charge is 0.386 e. The van der Waals surface area contributed by atoms with E-state index in [1.807, 2.05) is 17.4 Å². The van der Waals surface area contributed by atoms with Crippen molar-refractivity contribution in [3.8, 4) is 11.1 Å². The highest BCUT2D eigenvalue weighted by Crippen LogP contribution is 2.25. The maximum atomic E-state index is 13.1. The molecule has 0 radical (unpaired) electrons. The average Bonchev–Trinajstić information content (AvgIpc) is 2.64. The van der Waals surface area contributed by atoms with Gasteiger partial charge in [-0.2, -0.15) is 8.78 Å². The van der Waals surface area contributed by atoms with Crippen LogP contribution in [-0.4, -0.2) is 48.2 Å². The molecule has 2 atom stereocenters. The normalized spacial score (nSPS) is 16.6. The van der Waals surface area contributed by atoms with Gasteiger partial charge < -0.3 is 15.7 Å². The third kappa shape index (κ3) is 4.45. The molecule has 1 aliphatic rings. The van der Waals surface area contributed by atoms with Gasteiger partial charge in [0.1, 0.15) is 12.8 Å². The molecule has 1 amide bonds. The van der Waals surface area contributed by atoms with Crippen molar-refractivity contribution in [3.63, 3.8) is 0 Å². The van der Waals surface area contributed by atoms with E-state index in [4.69, 9.17) is 0 Å². The molecule has 1 fully saturated rings. The van der Waals surface area contributed by atoms with Crippen LogP contribution in [0.5, 0.6) is 0 Å². The molecular formula is C19H20F3N3O2. The minimum Gasteiger partial charge on any atom is -0.386 e. The zero-order valence-corrected chi connectivity index (χ0v) is 14.4. The number of hydrogen-bond acceptors (Lipinski definition) is 4. The molecule has 5 nitrogen and oxygen atoms in total. The molecule has 1 saturated heterocycles. The lowest BCUT2D eigenvalue weighted by Crippen LogP contribution is -2.43. The Morgan fingerprint density at radius 2 is 1.85 bits per heavy atom. The van der Waals surface area contributed by atoms with Crippen molar-refractivity contribution in [2.75, 3.05) is 19.8 Å². The number of benzene rings is 1. The number of aromatic nitrogens is 1. The zero-order chi connectivity index (χ0) is 19.4. The highest BCUT2D eigenvalue weighted by atomic mass is 19.3. The van der Waals surface area contributed by atoms with E-state index in [-0.39, 0.29) is 0 Å². The van der Waals surface area contributed by atoms with Gasteiger partial charge in [0, 0.05) is 36.5 Å². The number of carbonyl (C=O) groups is 1. The molecule has 2 heterocycles. The van der Waals surface area contributed by atoms with Crippen molar-refractivity contribution in [2.45, 2.75) is 24.5 Å². The molecule has 0 spiro atoms. The number of hydrogen-bond donors (Lipinski definition) is 3. The Morgan fingerprint density at radius 1 is 1.19 bits per heavy atom. The predicted molar refractivity (Wildman–Crippen MR) is 94.2 cm³/mol. The van der Waals surface area contributed by atoms with Gasteiger partial charge in [-0.15, -0.1) is 0 Å². The first kappa shape index (κ1) is 19.3. The fraction of sp³-hybridized carbons (Fsp3) is 0.368. The van der Waals surface area contributed by atoms with Crippen molar-refractivity contribution < 1.29 is 23.1 Å². The predicted octanol–water partition coefficient (Wildman–Crippen LogP) is 2.19. The second-order valence-electron chi connectivity index (χ2n) is 6.46. The molecule has 3 rings (SSSR count). The van der Waals surface area contributed by atoms with Gasteiger partial charge in [-0.25, -0.2) is 4.39 Å². The topological polar surface area (TPSA) is 74.2 Å². The van der Waals surface area contributed by atoms with Crippen molar-refractivity contribution in [1.29, 1.82) is 0 Å². The molecule has 144 valence electrons. The molecule has 1 aromatic heterocycles. The van der Waals surface area contributed by atoms with Crippen LogP contribution in [-0.2, 0) is 4.79 Å². The second kappa shape index (κ2) is 8.49. The summed E-state index contributed by atoms with van der Waals surface area (Å²) in [7, 11) is 0. The summed E-state index contributed by atoms with van der Waals surface area (Å²) in [4.78, 5) is 15.5. The number of aliphatic hydroxyl groups excluding tert-OH is 1. The van der Waals surface area contributed by atoms with Crippen LogP contribution in [0.15, 0.2) is 42.6 Å². The number of nitrogens with zero attached hydrogens (tertiary/aromatic N) is 1. The van der Waals surface area contributed by atoms with Crippen LogP contribution in [0.1, 0.15) is 23.3 Å². The zero-order valence-electron chi connectivity index (χ0n) is 14.4. The van der Waals surface area contributed by atoms with Crippen LogP contribution in [0, 0.1) is 0 Å². The van der Waals surface area contributed by atoms with Crippen LogP contribution in [0.2, 0.25) is 0 Å². The number of aliphatic hydroxyl groups is 1. The maximum Gasteiger partial charge on any atom is 0.315 e. The highest BCUT2D eigenvalue weighted by Gasteiger charge is 2.26. The lowest BCUT2D eigenvalue weighted by Gasteiger charge is -2.26. The van der Waals surface area contributed by atoms with E-state index in [2.05, 4.69) is 10.3 Å². The lowest BCUT2D eigenvalue weighted by molar-refractivity contribution is -0.133. The van der Waals surface area contributed by atoms with Gasteiger partial charge in [-0.05, 0) is 17.2 Å². The number of carbonyl (C=O) groups excluding carboxylic acids is 1. The van der Waals surface area contributed by atoms with Crippen LogP contribution < -0.4 is 10.6 Å². The molecule has 1 aliphatic heterocycles. The van der Waals surface area contributed by atoms with Crippen LogP contribution in [0.25, 0.3) is 11.1 Å². The van der Waals surface area contributed by atoms with Gasteiger partial charge in [-0.3, -0.25) is 9.78 Å². The number of halogens is 3. The molecule has 0 aliphatic carbocycles. The van der Waals surface area contributed by atoms with Crippen LogP contribution in [0.4, 0.5) is 13.2 Å². The maximum absolute atomic E-state index is 13.1. The quantitative estimate of drug-likeness (QED) is 0.690. The molecule has 1 aromatic carbocycles.